The average Bonchev–Trinajstić information content (AvgIpc) is 2.41. The Bertz CT molecular complexity index is 493. The van der Waals surface area contributed by atoms with Crippen LogP contribution in [0.5, 0.6) is 5.75 Å². The van der Waals surface area contributed by atoms with Crippen LogP contribution in [0.4, 0.5) is 0 Å². The second-order valence-corrected chi connectivity index (χ2v) is 11.3. The number of ether oxygens (including phenoxy) is 2. The van der Waals surface area contributed by atoms with Gasteiger partial charge >= 0.3 is 0 Å². The maximum absolute atomic E-state index is 6.19. The van der Waals surface area contributed by atoms with Crippen molar-refractivity contribution in [2.75, 3.05) is 14.2 Å². The highest BCUT2D eigenvalue weighted by atomic mass is 28.4. The highest BCUT2D eigenvalue weighted by molar-refractivity contribution is 6.74. The van der Waals surface area contributed by atoms with Crippen LogP contribution >= 0.6 is 0 Å². The number of nitrogens with zero attached hydrogens (tertiary/aromatic N) is 1. The maximum atomic E-state index is 6.19. The molecule has 1 heterocycles. The predicted octanol–water partition coefficient (Wildman–Crippen LogP) is 4.23. The van der Waals surface area contributed by atoms with E-state index in [0.29, 0.717) is 6.61 Å². The fourth-order valence-electron chi connectivity index (χ4n) is 1.48. The van der Waals surface area contributed by atoms with Crippen LogP contribution in [0.25, 0.3) is 6.08 Å². The van der Waals surface area contributed by atoms with Gasteiger partial charge in [0.25, 0.3) is 0 Å². The van der Waals surface area contributed by atoms with Crippen molar-refractivity contribution in [1.29, 1.82) is 0 Å². The molecule has 1 aromatic heterocycles. The quantitative estimate of drug-likeness (QED) is 0.582. The SMILES string of the molecule is COC=Cc1nc(CO[Si](C)(C)C(C)(C)C)ccc1OC. The summed E-state index contributed by atoms with van der Waals surface area (Å²) in [6, 6.07) is 3.85. The molecule has 0 aliphatic heterocycles. The Morgan fingerprint density at radius 2 is 1.86 bits per heavy atom. The van der Waals surface area contributed by atoms with E-state index in [2.05, 4.69) is 38.8 Å². The minimum atomic E-state index is -1.77. The fourth-order valence-corrected chi connectivity index (χ4v) is 2.42. The largest absolute Gasteiger partial charge is 0.504 e. The van der Waals surface area contributed by atoms with Gasteiger partial charge in [-0.1, -0.05) is 20.8 Å². The van der Waals surface area contributed by atoms with E-state index < -0.39 is 8.32 Å². The summed E-state index contributed by atoms with van der Waals surface area (Å²) in [7, 11) is 1.47. The molecule has 0 aliphatic carbocycles. The molecule has 0 spiro atoms. The summed E-state index contributed by atoms with van der Waals surface area (Å²) >= 11 is 0. The van der Waals surface area contributed by atoms with E-state index in [1.807, 2.05) is 12.1 Å². The molecule has 0 fully saturated rings. The van der Waals surface area contributed by atoms with E-state index in [-0.39, 0.29) is 5.04 Å². The van der Waals surface area contributed by atoms with Crippen LogP contribution in [0.3, 0.4) is 0 Å². The van der Waals surface area contributed by atoms with Gasteiger partial charge in [-0.3, -0.25) is 0 Å². The second kappa shape index (κ2) is 7.09. The molecule has 0 unspecified atom stereocenters. The second-order valence-electron chi connectivity index (χ2n) is 6.48. The first kappa shape index (κ1) is 17.7. The van der Waals surface area contributed by atoms with Crippen LogP contribution in [0.2, 0.25) is 18.1 Å². The van der Waals surface area contributed by atoms with E-state index in [4.69, 9.17) is 13.9 Å². The molecule has 4 nitrogen and oxygen atoms in total. The highest BCUT2D eigenvalue weighted by Crippen LogP contribution is 2.37. The van der Waals surface area contributed by atoms with E-state index in [1.165, 1.54) is 0 Å². The van der Waals surface area contributed by atoms with Gasteiger partial charge in [0.05, 0.1) is 32.8 Å². The van der Waals surface area contributed by atoms with Crippen LogP contribution in [0.15, 0.2) is 18.4 Å². The van der Waals surface area contributed by atoms with Crippen molar-refractivity contribution in [2.24, 2.45) is 0 Å². The molecule has 0 aliphatic rings. The molecular formula is C16H27NO3Si. The number of hydrogen-bond acceptors (Lipinski definition) is 4. The number of pyridine rings is 1. The molecule has 0 saturated heterocycles. The van der Waals surface area contributed by atoms with Crippen molar-refractivity contribution in [3.63, 3.8) is 0 Å². The van der Waals surface area contributed by atoms with E-state index in [1.54, 1.807) is 26.6 Å². The van der Waals surface area contributed by atoms with E-state index >= 15 is 0 Å². The zero-order valence-electron chi connectivity index (χ0n) is 14.2. The molecule has 0 atom stereocenters. The predicted molar refractivity (Wildman–Crippen MR) is 88.8 cm³/mol. The number of methoxy groups -OCH3 is 2. The summed E-state index contributed by atoms with van der Waals surface area (Å²) in [5.41, 5.74) is 1.65. The molecule has 5 heteroatoms. The third-order valence-electron chi connectivity index (χ3n) is 3.91. The molecule has 118 valence electrons. The van der Waals surface area contributed by atoms with Gasteiger partial charge in [-0.05, 0) is 30.3 Å². The number of hydrogen-bond donors (Lipinski definition) is 0. The third kappa shape index (κ3) is 4.86. The van der Waals surface area contributed by atoms with Crippen molar-refractivity contribution >= 4 is 14.4 Å². The first-order valence-corrected chi connectivity index (χ1v) is 9.99. The molecular weight excluding hydrogens is 282 g/mol. The molecule has 21 heavy (non-hydrogen) atoms. The monoisotopic (exact) mass is 309 g/mol. The Morgan fingerprint density at radius 1 is 1.19 bits per heavy atom. The summed E-state index contributed by atoms with van der Waals surface area (Å²) in [6.45, 7) is 11.7. The van der Waals surface area contributed by atoms with Crippen LogP contribution < -0.4 is 4.74 Å². The zero-order valence-corrected chi connectivity index (χ0v) is 15.2. The number of rotatable bonds is 6. The van der Waals surface area contributed by atoms with Crippen LogP contribution in [0, 0.1) is 0 Å². The summed E-state index contributed by atoms with van der Waals surface area (Å²) in [5.74, 6) is 0.722. The first-order chi connectivity index (χ1) is 9.71. The molecule has 0 bridgehead atoms. The smallest absolute Gasteiger partial charge is 0.192 e. The fraction of sp³-hybridized carbons (Fsp3) is 0.562. The topological polar surface area (TPSA) is 40.6 Å². The number of aromatic nitrogens is 1. The van der Waals surface area contributed by atoms with Gasteiger partial charge in [-0.25, -0.2) is 4.98 Å². The normalized spacial score (nSPS) is 12.7. The average molecular weight is 309 g/mol. The van der Waals surface area contributed by atoms with Gasteiger partial charge in [-0.15, -0.1) is 0 Å². The van der Waals surface area contributed by atoms with Gasteiger partial charge in [0, 0.05) is 6.08 Å². The Hall–Kier alpha value is -1.33. The van der Waals surface area contributed by atoms with Crippen LogP contribution in [-0.2, 0) is 15.8 Å². The highest BCUT2D eigenvalue weighted by Gasteiger charge is 2.37. The van der Waals surface area contributed by atoms with Crippen molar-refractivity contribution in [3.8, 4) is 5.75 Å². The summed E-state index contributed by atoms with van der Waals surface area (Å²) in [5, 5.41) is 0.193. The lowest BCUT2D eigenvalue weighted by Crippen LogP contribution is -2.40. The van der Waals surface area contributed by atoms with Gasteiger partial charge in [0.15, 0.2) is 8.32 Å². The molecule has 0 saturated carbocycles. The Balaban J connectivity index is 2.88. The molecule has 1 rings (SSSR count). The Kier molecular flexibility index (Phi) is 5.98. The van der Waals surface area contributed by atoms with Crippen LogP contribution in [-0.4, -0.2) is 27.5 Å². The van der Waals surface area contributed by atoms with E-state index in [9.17, 15) is 0 Å². The zero-order chi connectivity index (χ0) is 16.1. The Morgan fingerprint density at radius 3 is 2.38 bits per heavy atom. The Labute approximate surface area is 129 Å². The standard InChI is InChI=1S/C16H27NO3Si/c1-16(2,3)21(6,7)20-12-13-8-9-15(19-5)14(17-13)10-11-18-4/h8-11H,12H2,1-7H3. The third-order valence-corrected chi connectivity index (χ3v) is 8.39. The van der Waals surface area contributed by atoms with Crippen LogP contribution in [0.1, 0.15) is 32.2 Å². The lowest BCUT2D eigenvalue weighted by atomic mass is 10.2. The van der Waals surface area contributed by atoms with Crippen molar-refractivity contribution in [3.05, 3.63) is 29.8 Å². The minimum absolute atomic E-state index is 0.193. The summed E-state index contributed by atoms with van der Waals surface area (Å²) in [6.07, 6.45) is 3.37. The molecule has 0 radical (unpaired) electrons. The molecule has 0 N–H and O–H groups in total. The molecule has 0 aromatic carbocycles. The summed E-state index contributed by atoms with van der Waals surface area (Å²) < 4.78 is 16.4. The van der Waals surface area contributed by atoms with E-state index in [0.717, 1.165) is 17.1 Å². The van der Waals surface area contributed by atoms with Gasteiger partial charge in [0.2, 0.25) is 0 Å². The molecule has 0 amide bonds. The molecule has 1 aromatic rings. The van der Waals surface area contributed by atoms with Gasteiger partial charge in [-0.2, -0.15) is 0 Å². The van der Waals surface area contributed by atoms with Gasteiger partial charge in [0.1, 0.15) is 11.4 Å². The maximum Gasteiger partial charge on any atom is 0.192 e. The van der Waals surface area contributed by atoms with Crippen molar-refractivity contribution in [2.45, 2.75) is 45.5 Å². The summed E-state index contributed by atoms with van der Waals surface area (Å²) in [4.78, 5) is 4.57. The first-order valence-electron chi connectivity index (χ1n) is 7.08. The van der Waals surface area contributed by atoms with Gasteiger partial charge < -0.3 is 13.9 Å². The van der Waals surface area contributed by atoms with Crippen molar-refractivity contribution < 1.29 is 13.9 Å². The minimum Gasteiger partial charge on any atom is -0.504 e. The lowest BCUT2D eigenvalue weighted by Gasteiger charge is -2.36. The van der Waals surface area contributed by atoms with Crippen molar-refractivity contribution in [1.82, 2.24) is 4.98 Å². The lowest BCUT2D eigenvalue weighted by molar-refractivity contribution is 0.271.